The highest BCUT2D eigenvalue weighted by Gasteiger charge is 2.36. The summed E-state index contributed by atoms with van der Waals surface area (Å²) in [5, 5.41) is 0. The van der Waals surface area contributed by atoms with Crippen LogP contribution in [0.15, 0.2) is 18.2 Å². The molecular weight excluding hydrogens is 278 g/mol. The number of halogens is 2. The first-order chi connectivity index (χ1) is 10.0. The van der Waals surface area contributed by atoms with Crippen LogP contribution >= 0.6 is 0 Å². The van der Waals surface area contributed by atoms with Crippen LogP contribution in [0.1, 0.15) is 31.7 Å². The maximum atomic E-state index is 13.2. The van der Waals surface area contributed by atoms with E-state index in [0.717, 1.165) is 31.4 Å². The van der Waals surface area contributed by atoms with Crippen molar-refractivity contribution in [2.24, 2.45) is 11.8 Å². The van der Waals surface area contributed by atoms with E-state index in [1.165, 1.54) is 6.07 Å². The molecule has 0 N–H and O–H groups in total. The fourth-order valence-electron chi connectivity index (χ4n) is 2.42. The molecule has 0 aromatic heterocycles. The van der Waals surface area contributed by atoms with Crippen LogP contribution in [0.3, 0.4) is 0 Å². The first-order valence-electron chi connectivity index (χ1n) is 7.17. The van der Waals surface area contributed by atoms with E-state index in [1.54, 1.807) is 6.92 Å². The molecule has 1 aliphatic rings. The number of benzene rings is 1. The Kier molecular flexibility index (Phi) is 5.04. The molecule has 1 aromatic rings. The lowest BCUT2D eigenvalue weighted by atomic mass is 9.76. The summed E-state index contributed by atoms with van der Waals surface area (Å²) in [5.41, 5.74) is 0.416. The molecule has 1 fully saturated rings. The van der Waals surface area contributed by atoms with Gasteiger partial charge in [-0.05, 0) is 43.9 Å². The maximum Gasteiger partial charge on any atom is 0.316 e. The summed E-state index contributed by atoms with van der Waals surface area (Å²) in [5.74, 6) is -3.70. The van der Waals surface area contributed by atoms with Gasteiger partial charge in [0.25, 0.3) is 0 Å². The number of carbonyl (C=O) groups excluding carboxylic acids is 2. The Morgan fingerprint density at radius 1 is 1.29 bits per heavy atom. The topological polar surface area (TPSA) is 43.4 Å². The number of ether oxygens (including phenoxy) is 1. The van der Waals surface area contributed by atoms with Crippen LogP contribution in [-0.4, -0.2) is 18.4 Å². The number of rotatable bonds is 6. The summed E-state index contributed by atoms with van der Waals surface area (Å²) < 4.78 is 31.1. The minimum absolute atomic E-state index is 0.0470. The molecule has 3 nitrogen and oxygen atoms in total. The largest absolute Gasteiger partial charge is 0.465 e. The third-order valence-electron chi connectivity index (χ3n) is 3.85. The molecule has 0 heterocycles. The van der Waals surface area contributed by atoms with Crippen LogP contribution in [0.2, 0.25) is 0 Å². The highest BCUT2D eigenvalue weighted by molar-refractivity contribution is 6.00. The van der Waals surface area contributed by atoms with Crippen LogP contribution in [0.4, 0.5) is 8.78 Å². The molecule has 1 saturated carbocycles. The lowest BCUT2D eigenvalue weighted by Gasteiger charge is -2.27. The number of ketones is 1. The zero-order valence-electron chi connectivity index (χ0n) is 11.9. The van der Waals surface area contributed by atoms with Gasteiger partial charge >= 0.3 is 5.97 Å². The zero-order valence-corrected chi connectivity index (χ0v) is 11.9. The van der Waals surface area contributed by atoms with Gasteiger partial charge < -0.3 is 4.74 Å². The van der Waals surface area contributed by atoms with Gasteiger partial charge in [-0.25, -0.2) is 8.78 Å². The average molecular weight is 296 g/mol. The SMILES string of the molecule is CCOC(=O)C(Cc1ccc(F)c(F)c1)C(=O)C1CCC1. The van der Waals surface area contributed by atoms with Gasteiger partial charge in [-0.2, -0.15) is 0 Å². The second-order valence-electron chi connectivity index (χ2n) is 5.29. The second-order valence-corrected chi connectivity index (χ2v) is 5.29. The molecule has 0 saturated heterocycles. The van der Waals surface area contributed by atoms with Crippen molar-refractivity contribution in [2.75, 3.05) is 6.61 Å². The predicted molar refractivity (Wildman–Crippen MR) is 72.5 cm³/mol. The first-order valence-corrected chi connectivity index (χ1v) is 7.17. The molecule has 1 aromatic carbocycles. The number of hydrogen-bond acceptors (Lipinski definition) is 3. The standard InChI is InChI=1S/C16H18F2O3/c1-2-21-16(20)12(15(19)11-4-3-5-11)8-10-6-7-13(17)14(18)9-10/h6-7,9,11-12H,2-5,8H2,1H3. The average Bonchev–Trinajstić information content (AvgIpc) is 2.38. The summed E-state index contributed by atoms with van der Waals surface area (Å²) in [6, 6.07) is 3.41. The van der Waals surface area contributed by atoms with Crippen LogP contribution in [0.5, 0.6) is 0 Å². The molecular formula is C16H18F2O3. The van der Waals surface area contributed by atoms with Gasteiger partial charge in [-0.1, -0.05) is 12.5 Å². The van der Waals surface area contributed by atoms with Crippen molar-refractivity contribution in [3.63, 3.8) is 0 Å². The van der Waals surface area contributed by atoms with Gasteiger partial charge in [0, 0.05) is 5.92 Å². The molecule has 0 spiro atoms. The van der Waals surface area contributed by atoms with E-state index in [-0.39, 0.29) is 24.7 Å². The number of Topliss-reactive ketones (excluding diaryl/α,β-unsaturated/α-hetero) is 1. The molecule has 0 bridgehead atoms. The summed E-state index contributed by atoms with van der Waals surface area (Å²) in [6.07, 6.45) is 2.60. The highest BCUT2D eigenvalue weighted by atomic mass is 19.2. The van der Waals surface area contributed by atoms with Crippen LogP contribution < -0.4 is 0 Å². The first kappa shape index (κ1) is 15.6. The zero-order chi connectivity index (χ0) is 15.4. The summed E-state index contributed by atoms with van der Waals surface area (Å²) in [6.45, 7) is 1.85. The summed E-state index contributed by atoms with van der Waals surface area (Å²) >= 11 is 0. The molecule has 1 aliphatic carbocycles. The van der Waals surface area contributed by atoms with E-state index in [9.17, 15) is 18.4 Å². The van der Waals surface area contributed by atoms with Gasteiger partial charge in [0.15, 0.2) is 17.4 Å². The molecule has 114 valence electrons. The van der Waals surface area contributed by atoms with Gasteiger partial charge in [-0.15, -0.1) is 0 Å². The molecule has 1 unspecified atom stereocenters. The minimum atomic E-state index is -0.980. The Morgan fingerprint density at radius 3 is 2.52 bits per heavy atom. The molecule has 1 atom stereocenters. The molecule has 0 radical (unpaired) electrons. The van der Waals surface area contributed by atoms with Gasteiger partial charge in [0.05, 0.1) is 6.61 Å². The summed E-state index contributed by atoms with van der Waals surface area (Å²) in [7, 11) is 0. The Balaban J connectivity index is 2.15. The number of hydrogen-bond donors (Lipinski definition) is 0. The Labute approximate surface area is 122 Å². The lowest BCUT2D eigenvalue weighted by molar-refractivity contribution is -0.153. The minimum Gasteiger partial charge on any atom is -0.465 e. The fraction of sp³-hybridized carbons (Fsp3) is 0.500. The Morgan fingerprint density at radius 2 is 2.00 bits per heavy atom. The smallest absolute Gasteiger partial charge is 0.316 e. The Hall–Kier alpha value is -1.78. The van der Waals surface area contributed by atoms with E-state index in [4.69, 9.17) is 4.74 Å². The monoisotopic (exact) mass is 296 g/mol. The van der Waals surface area contributed by atoms with Crippen molar-refractivity contribution < 1.29 is 23.1 Å². The quantitative estimate of drug-likeness (QED) is 0.598. The van der Waals surface area contributed by atoms with Crippen molar-refractivity contribution in [3.8, 4) is 0 Å². The normalized spacial score (nSPS) is 16.1. The maximum absolute atomic E-state index is 13.2. The van der Waals surface area contributed by atoms with Crippen molar-refractivity contribution in [2.45, 2.75) is 32.6 Å². The second kappa shape index (κ2) is 6.78. The van der Waals surface area contributed by atoms with Crippen molar-refractivity contribution in [1.82, 2.24) is 0 Å². The predicted octanol–water partition coefficient (Wildman–Crippen LogP) is 3.06. The molecule has 0 aliphatic heterocycles. The lowest BCUT2D eigenvalue weighted by Crippen LogP contribution is -2.35. The van der Waals surface area contributed by atoms with E-state index in [2.05, 4.69) is 0 Å². The molecule has 2 rings (SSSR count). The van der Waals surface area contributed by atoms with Crippen molar-refractivity contribution >= 4 is 11.8 Å². The third kappa shape index (κ3) is 3.65. The van der Waals surface area contributed by atoms with Crippen LogP contribution in [0.25, 0.3) is 0 Å². The van der Waals surface area contributed by atoms with E-state index in [0.29, 0.717) is 5.56 Å². The number of carbonyl (C=O) groups is 2. The Bertz CT molecular complexity index is 538. The van der Waals surface area contributed by atoms with E-state index in [1.807, 2.05) is 0 Å². The molecule has 5 heteroatoms. The molecule has 0 amide bonds. The third-order valence-corrected chi connectivity index (χ3v) is 3.85. The van der Waals surface area contributed by atoms with Crippen LogP contribution in [-0.2, 0) is 20.7 Å². The van der Waals surface area contributed by atoms with Crippen molar-refractivity contribution in [3.05, 3.63) is 35.4 Å². The highest BCUT2D eigenvalue weighted by Crippen LogP contribution is 2.31. The summed E-state index contributed by atoms with van der Waals surface area (Å²) in [4.78, 5) is 24.3. The van der Waals surface area contributed by atoms with Gasteiger partial charge in [0.1, 0.15) is 5.92 Å². The molecule has 21 heavy (non-hydrogen) atoms. The van der Waals surface area contributed by atoms with Gasteiger partial charge in [-0.3, -0.25) is 9.59 Å². The van der Waals surface area contributed by atoms with Crippen LogP contribution in [0, 0.1) is 23.5 Å². The fourth-order valence-corrected chi connectivity index (χ4v) is 2.42. The van der Waals surface area contributed by atoms with E-state index < -0.39 is 23.5 Å². The van der Waals surface area contributed by atoms with Gasteiger partial charge in [0.2, 0.25) is 0 Å². The van der Waals surface area contributed by atoms with Crippen molar-refractivity contribution in [1.29, 1.82) is 0 Å². The number of esters is 1. The van der Waals surface area contributed by atoms with E-state index >= 15 is 0 Å².